The molecule has 0 saturated carbocycles. The molecule has 0 radical (unpaired) electrons. The molecule has 0 aliphatic heterocycles. The van der Waals surface area contributed by atoms with Gasteiger partial charge in [0.25, 0.3) is 0 Å². The smallest absolute Gasteiger partial charge is 0.125 e. The van der Waals surface area contributed by atoms with Crippen molar-refractivity contribution in [1.82, 2.24) is 10.3 Å². The second-order valence-corrected chi connectivity index (χ2v) is 6.98. The molecule has 1 unspecified atom stereocenters. The molecule has 19 heavy (non-hydrogen) atoms. The highest BCUT2D eigenvalue weighted by Crippen LogP contribution is 2.39. The lowest BCUT2D eigenvalue weighted by Gasteiger charge is -2.19. The lowest BCUT2D eigenvalue weighted by atomic mass is 9.98. The molecule has 1 heterocycles. The van der Waals surface area contributed by atoms with Crippen LogP contribution in [0.15, 0.2) is 22.7 Å². The average molecular weight is 337 g/mol. The Hall–Kier alpha value is -0.710. The molecule has 100 valence electrons. The van der Waals surface area contributed by atoms with Gasteiger partial charge in [-0.05, 0) is 44.9 Å². The van der Waals surface area contributed by atoms with Gasteiger partial charge in [0.15, 0.2) is 0 Å². The molecular weight excluding hydrogens is 320 g/mol. The van der Waals surface area contributed by atoms with Gasteiger partial charge < -0.3 is 5.32 Å². The van der Waals surface area contributed by atoms with Crippen LogP contribution in [-0.4, -0.2) is 12.0 Å². The van der Waals surface area contributed by atoms with Crippen LogP contribution in [0.25, 0.3) is 10.6 Å². The molecule has 4 heteroatoms. The summed E-state index contributed by atoms with van der Waals surface area (Å²) in [6, 6.07) is 6.90. The van der Waals surface area contributed by atoms with Gasteiger partial charge in [-0.2, -0.15) is 0 Å². The maximum atomic E-state index is 4.89. The van der Waals surface area contributed by atoms with Crippen molar-refractivity contribution in [2.75, 3.05) is 7.05 Å². The highest BCUT2D eigenvalue weighted by Gasteiger charge is 2.24. The molecule has 0 saturated heterocycles. The van der Waals surface area contributed by atoms with E-state index in [-0.39, 0.29) is 0 Å². The van der Waals surface area contributed by atoms with Crippen molar-refractivity contribution >= 4 is 27.3 Å². The van der Waals surface area contributed by atoms with E-state index in [1.54, 1.807) is 0 Å². The van der Waals surface area contributed by atoms with Gasteiger partial charge in [0, 0.05) is 14.9 Å². The third-order valence-corrected chi connectivity index (χ3v) is 5.48. The van der Waals surface area contributed by atoms with Crippen LogP contribution in [-0.2, 0) is 6.42 Å². The molecule has 0 bridgehead atoms. The first-order valence-corrected chi connectivity index (χ1v) is 8.23. The van der Waals surface area contributed by atoms with Gasteiger partial charge in [0.05, 0.1) is 11.7 Å². The first kappa shape index (κ1) is 13.3. The Bertz CT molecular complexity index is 606. The highest BCUT2D eigenvalue weighted by atomic mass is 79.9. The fourth-order valence-electron chi connectivity index (χ4n) is 2.61. The zero-order valence-corrected chi connectivity index (χ0v) is 13.6. The van der Waals surface area contributed by atoms with Crippen molar-refractivity contribution in [3.05, 3.63) is 38.8 Å². The number of benzene rings is 1. The van der Waals surface area contributed by atoms with Crippen LogP contribution in [0.5, 0.6) is 0 Å². The first-order chi connectivity index (χ1) is 9.19. The monoisotopic (exact) mass is 336 g/mol. The summed E-state index contributed by atoms with van der Waals surface area (Å²) in [5.41, 5.74) is 3.74. The van der Waals surface area contributed by atoms with Crippen molar-refractivity contribution in [3.63, 3.8) is 0 Å². The molecule has 1 atom stereocenters. The number of rotatable bonds is 2. The molecular formula is C15H17BrN2S. The zero-order valence-electron chi connectivity index (χ0n) is 11.2. The average Bonchev–Trinajstić information content (AvgIpc) is 2.81. The quantitative estimate of drug-likeness (QED) is 0.874. The minimum absolute atomic E-state index is 0.429. The first-order valence-electron chi connectivity index (χ1n) is 6.62. The summed E-state index contributed by atoms with van der Waals surface area (Å²) in [4.78, 5) is 6.34. The van der Waals surface area contributed by atoms with Crippen LogP contribution >= 0.6 is 27.3 Å². The third-order valence-electron chi connectivity index (χ3n) is 3.66. The fraction of sp³-hybridized carbons (Fsp3) is 0.400. The molecule has 1 aliphatic carbocycles. The van der Waals surface area contributed by atoms with E-state index in [0.29, 0.717) is 6.04 Å². The molecule has 1 aliphatic rings. The van der Waals surface area contributed by atoms with Crippen molar-refractivity contribution in [3.8, 4) is 10.6 Å². The highest BCUT2D eigenvalue weighted by molar-refractivity contribution is 9.10. The van der Waals surface area contributed by atoms with Gasteiger partial charge in [-0.3, -0.25) is 0 Å². The number of aromatic nitrogens is 1. The number of thiazole rings is 1. The standard InChI is InChI=1S/C15H17BrN2S/c1-9-6-7-10(11(16)8-9)15-18-14-12(17-2)4-3-5-13(14)19-15/h6-8,12,17H,3-5H2,1-2H3. The van der Waals surface area contributed by atoms with Crippen molar-refractivity contribution < 1.29 is 0 Å². The molecule has 1 aromatic carbocycles. The summed E-state index contributed by atoms with van der Waals surface area (Å²) in [6.45, 7) is 2.11. The summed E-state index contributed by atoms with van der Waals surface area (Å²) in [7, 11) is 2.03. The number of hydrogen-bond acceptors (Lipinski definition) is 3. The predicted molar refractivity (Wildman–Crippen MR) is 84.7 cm³/mol. The van der Waals surface area contributed by atoms with Crippen molar-refractivity contribution in [2.24, 2.45) is 0 Å². The Kier molecular flexibility index (Phi) is 3.74. The van der Waals surface area contributed by atoms with E-state index in [2.05, 4.69) is 46.4 Å². The number of nitrogens with zero attached hydrogens (tertiary/aromatic N) is 1. The SMILES string of the molecule is CNC1CCCc2sc(-c3ccc(C)cc3Br)nc21. The van der Waals surface area contributed by atoms with Crippen molar-refractivity contribution in [2.45, 2.75) is 32.2 Å². The Morgan fingerprint density at radius 2 is 2.26 bits per heavy atom. The second kappa shape index (κ2) is 5.35. The molecule has 0 fully saturated rings. The normalized spacial score (nSPS) is 18.4. The molecule has 2 nitrogen and oxygen atoms in total. The largest absolute Gasteiger partial charge is 0.312 e. The Balaban J connectivity index is 2.05. The summed E-state index contributed by atoms with van der Waals surface area (Å²) in [5, 5.41) is 4.52. The summed E-state index contributed by atoms with van der Waals surface area (Å²) >= 11 is 5.51. The number of halogens is 1. The number of nitrogens with one attached hydrogen (secondary N) is 1. The van der Waals surface area contributed by atoms with Gasteiger partial charge in [0.1, 0.15) is 5.01 Å². The molecule has 1 N–H and O–H groups in total. The molecule has 0 amide bonds. The van der Waals surface area contributed by atoms with Crippen LogP contribution in [0.1, 0.15) is 35.0 Å². The van der Waals surface area contributed by atoms with E-state index < -0.39 is 0 Å². The van der Waals surface area contributed by atoms with E-state index >= 15 is 0 Å². The minimum Gasteiger partial charge on any atom is -0.312 e. The minimum atomic E-state index is 0.429. The fourth-order valence-corrected chi connectivity index (χ4v) is 4.62. The number of aryl methyl sites for hydroxylation is 2. The maximum Gasteiger partial charge on any atom is 0.125 e. The summed E-state index contributed by atoms with van der Waals surface area (Å²) in [5.74, 6) is 0. The molecule has 3 rings (SSSR count). The van der Waals surface area contributed by atoms with Gasteiger partial charge in [-0.15, -0.1) is 11.3 Å². The van der Waals surface area contributed by atoms with Gasteiger partial charge >= 0.3 is 0 Å². The lowest BCUT2D eigenvalue weighted by molar-refractivity contribution is 0.490. The van der Waals surface area contributed by atoms with Crippen molar-refractivity contribution in [1.29, 1.82) is 0 Å². The number of fused-ring (bicyclic) bond motifs is 1. The van der Waals surface area contributed by atoms with Crippen LogP contribution in [0.4, 0.5) is 0 Å². The summed E-state index contributed by atoms with van der Waals surface area (Å²) < 4.78 is 1.14. The Labute approximate surface area is 126 Å². The third kappa shape index (κ3) is 2.49. The lowest BCUT2D eigenvalue weighted by Crippen LogP contribution is -2.21. The van der Waals surface area contributed by atoms with Crippen LogP contribution in [0, 0.1) is 6.92 Å². The molecule has 2 aromatic rings. The Morgan fingerprint density at radius 3 is 3.00 bits per heavy atom. The summed E-state index contributed by atoms with van der Waals surface area (Å²) in [6.07, 6.45) is 3.63. The van der Waals surface area contributed by atoms with E-state index in [9.17, 15) is 0 Å². The zero-order chi connectivity index (χ0) is 13.4. The van der Waals surface area contributed by atoms with Crippen LogP contribution in [0.3, 0.4) is 0 Å². The molecule has 1 aromatic heterocycles. The van der Waals surface area contributed by atoms with Gasteiger partial charge in [-0.1, -0.05) is 28.1 Å². The van der Waals surface area contributed by atoms with Crippen LogP contribution in [0.2, 0.25) is 0 Å². The van der Waals surface area contributed by atoms with Gasteiger partial charge in [0.2, 0.25) is 0 Å². The maximum absolute atomic E-state index is 4.89. The second-order valence-electron chi connectivity index (χ2n) is 5.04. The molecule has 0 spiro atoms. The Morgan fingerprint density at radius 1 is 1.42 bits per heavy atom. The van der Waals surface area contributed by atoms with E-state index in [1.807, 2.05) is 18.4 Å². The van der Waals surface area contributed by atoms with E-state index in [0.717, 1.165) is 9.48 Å². The van der Waals surface area contributed by atoms with Gasteiger partial charge in [-0.25, -0.2) is 4.98 Å². The predicted octanol–water partition coefficient (Wildman–Crippen LogP) is 4.48. The topological polar surface area (TPSA) is 24.9 Å². The van der Waals surface area contributed by atoms with E-state index in [4.69, 9.17) is 4.98 Å². The van der Waals surface area contributed by atoms with E-state index in [1.165, 1.54) is 41.0 Å². The van der Waals surface area contributed by atoms with Crippen LogP contribution < -0.4 is 5.32 Å². The number of hydrogen-bond donors (Lipinski definition) is 1.